The van der Waals surface area contributed by atoms with Gasteiger partial charge in [-0.3, -0.25) is 4.79 Å². The molecule has 1 amide bonds. The first-order chi connectivity index (χ1) is 11.6. The predicted octanol–water partition coefficient (Wildman–Crippen LogP) is 3.57. The molecule has 3 nitrogen and oxygen atoms in total. The minimum absolute atomic E-state index is 0.00844. The Bertz CT molecular complexity index is 643. The molecular formula is C20H25FN2O. The lowest BCUT2D eigenvalue weighted by molar-refractivity contribution is -0.121. The van der Waals surface area contributed by atoms with Crippen molar-refractivity contribution in [2.24, 2.45) is 0 Å². The van der Waals surface area contributed by atoms with Crippen molar-refractivity contribution >= 4 is 5.91 Å². The average Bonchev–Trinajstić information content (AvgIpc) is 2.57. The highest BCUT2D eigenvalue weighted by Gasteiger charge is 2.14. The Morgan fingerprint density at radius 3 is 2.42 bits per heavy atom. The van der Waals surface area contributed by atoms with Crippen LogP contribution in [0.3, 0.4) is 0 Å². The molecule has 0 bridgehead atoms. The van der Waals surface area contributed by atoms with Gasteiger partial charge in [0.05, 0.1) is 6.04 Å². The van der Waals surface area contributed by atoms with Crippen LogP contribution in [-0.4, -0.2) is 31.4 Å². The summed E-state index contributed by atoms with van der Waals surface area (Å²) in [4.78, 5) is 14.1. The van der Waals surface area contributed by atoms with Crippen molar-refractivity contribution in [3.8, 4) is 0 Å². The summed E-state index contributed by atoms with van der Waals surface area (Å²) in [5.74, 6) is -0.191. The average molecular weight is 328 g/mol. The van der Waals surface area contributed by atoms with E-state index in [0.29, 0.717) is 31.4 Å². The zero-order valence-corrected chi connectivity index (χ0v) is 14.3. The maximum Gasteiger partial charge on any atom is 0.220 e. The third-order valence-corrected chi connectivity index (χ3v) is 4.11. The van der Waals surface area contributed by atoms with Crippen molar-refractivity contribution < 1.29 is 9.18 Å². The van der Waals surface area contributed by atoms with Crippen LogP contribution >= 0.6 is 0 Å². The van der Waals surface area contributed by atoms with E-state index in [0.717, 1.165) is 0 Å². The Labute approximate surface area is 143 Å². The summed E-state index contributed by atoms with van der Waals surface area (Å²) >= 11 is 0. The molecule has 2 aromatic carbocycles. The number of hydrogen-bond acceptors (Lipinski definition) is 2. The molecule has 0 fully saturated rings. The van der Waals surface area contributed by atoms with E-state index in [1.165, 1.54) is 11.6 Å². The molecule has 128 valence electrons. The molecule has 1 atom stereocenters. The van der Waals surface area contributed by atoms with E-state index in [-0.39, 0.29) is 17.8 Å². The molecule has 0 aliphatic rings. The van der Waals surface area contributed by atoms with Crippen LogP contribution in [0.15, 0.2) is 54.6 Å². The number of carbonyl (C=O) groups is 1. The number of nitrogens with one attached hydrogen (secondary N) is 1. The van der Waals surface area contributed by atoms with Crippen LogP contribution in [0.5, 0.6) is 0 Å². The Morgan fingerprint density at radius 2 is 1.75 bits per heavy atom. The molecular weight excluding hydrogens is 303 g/mol. The van der Waals surface area contributed by atoms with Gasteiger partial charge in [-0.15, -0.1) is 0 Å². The molecule has 2 rings (SSSR count). The number of rotatable bonds is 8. The van der Waals surface area contributed by atoms with Gasteiger partial charge in [0, 0.05) is 13.0 Å². The van der Waals surface area contributed by atoms with Crippen molar-refractivity contribution in [1.29, 1.82) is 0 Å². The zero-order valence-electron chi connectivity index (χ0n) is 14.3. The third kappa shape index (κ3) is 5.46. The van der Waals surface area contributed by atoms with E-state index in [1.807, 2.05) is 38.4 Å². The van der Waals surface area contributed by atoms with Gasteiger partial charge in [-0.05, 0) is 44.1 Å². The second kappa shape index (κ2) is 9.18. The normalized spacial score (nSPS) is 12.2. The fourth-order valence-electron chi connectivity index (χ4n) is 2.71. The van der Waals surface area contributed by atoms with Crippen molar-refractivity contribution in [3.63, 3.8) is 0 Å². The highest BCUT2D eigenvalue weighted by Crippen LogP contribution is 2.17. The molecule has 1 unspecified atom stereocenters. The maximum absolute atomic E-state index is 13.5. The third-order valence-electron chi connectivity index (χ3n) is 4.11. The van der Waals surface area contributed by atoms with Gasteiger partial charge in [0.15, 0.2) is 0 Å². The van der Waals surface area contributed by atoms with Crippen molar-refractivity contribution in [1.82, 2.24) is 10.2 Å². The van der Waals surface area contributed by atoms with Crippen molar-refractivity contribution in [2.75, 3.05) is 20.6 Å². The smallest absolute Gasteiger partial charge is 0.220 e. The number of halogens is 1. The molecule has 0 radical (unpaired) electrons. The number of amides is 1. The topological polar surface area (TPSA) is 32.3 Å². The number of benzene rings is 2. The Hall–Kier alpha value is -2.20. The second-order valence-electron chi connectivity index (χ2n) is 6.14. The number of likely N-dealkylation sites (N-methyl/N-ethyl adjacent to an activating group) is 1. The summed E-state index contributed by atoms with van der Waals surface area (Å²) in [6, 6.07) is 17.0. The minimum Gasteiger partial charge on any atom is -0.354 e. The second-order valence-corrected chi connectivity index (χ2v) is 6.14. The molecule has 1 N–H and O–H groups in total. The zero-order chi connectivity index (χ0) is 17.4. The summed E-state index contributed by atoms with van der Waals surface area (Å²) in [6.45, 7) is 0.565. The Morgan fingerprint density at radius 1 is 1.08 bits per heavy atom. The fourth-order valence-corrected chi connectivity index (χ4v) is 2.71. The maximum atomic E-state index is 13.5. The van der Waals surface area contributed by atoms with Gasteiger partial charge in [0.1, 0.15) is 5.82 Å². The molecule has 0 aromatic heterocycles. The molecule has 24 heavy (non-hydrogen) atoms. The van der Waals surface area contributed by atoms with Crippen LogP contribution in [0.2, 0.25) is 0 Å². The molecule has 4 heteroatoms. The van der Waals surface area contributed by atoms with Gasteiger partial charge in [0.25, 0.3) is 0 Å². The summed E-state index contributed by atoms with van der Waals surface area (Å²) in [7, 11) is 4.00. The molecule has 0 heterocycles. The summed E-state index contributed by atoms with van der Waals surface area (Å²) < 4.78 is 13.5. The van der Waals surface area contributed by atoms with E-state index in [4.69, 9.17) is 0 Å². The molecule has 0 aliphatic heterocycles. The standard InChI is InChI=1S/C20H25FN2O/c1-23(2)19(17-10-4-3-5-11-17)15-22-20(24)14-8-12-16-9-6-7-13-18(16)21/h3-7,9-11,13,19H,8,12,14-15H2,1-2H3,(H,22,24). The van der Waals surface area contributed by atoms with Crippen LogP contribution in [0, 0.1) is 5.82 Å². The molecule has 0 saturated carbocycles. The predicted molar refractivity (Wildman–Crippen MR) is 95.2 cm³/mol. The fraction of sp³-hybridized carbons (Fsp3) is 0.350. The molecule has 0 saturated heterocycles. The van der Waals surface area contributed by atoms with E-state index in [9.17, 15) is 9.18 Å². The van der Waals surface area contributed by atoms with E-state index >= 15 is 0 Å². The first-order valence-electron chi connectivity index (χ1n) is 8.29. The lowest BCUT2D eigenvalue weighted by Crippen LogP contribution is -2.34. The SMILES string of the molecule is CN(C)C(CNC(=O)CCCc1ccccc1F)c1ccccc1. The van der Waals surface area contributed by atoms with Crippen LogP contribution in [0.1, 0.15) is 30.0 Å². The van der Waals surface area contributed by atoms with E-state index in [1.54, 1.807) is 12.1 Å². The minimum atomic E-state index is -0.199. The molecule has 0 aliphatic carbocycles. The van der Waals surface area contributed by atoms with Gasteiger partial charge in [-0.1, -0.05) is 48.5 Å². The summed E-state index contributed by atoms with van der Waals surface area (Å²) in [5.41, 5.74) is 1.84. The van der Waals surface area contributed by atoms with Gasteiger partial charge >= 0.3 is 0 Å². The van der Waals surface area contributed by atoms with Gasteiger partial charge in [-0.2, -0.15) is 0 Å². The van der Waals surface area contributed by atoms with Crippen LogP contribution in [-0.2, 0) is 11.2 Å². The van der Waals surface area contributed by atoms with Crippen LogP contribution in [0.25, 0.3) is 0 Å². The summed E-state index contributed by atoms with van der Waals surface area (Å²) in [6.07, 6.45) is 1.63. The van der Waals surface area contributed by atoms with Crippen LogP contribution in [0.4, 0.5) is 4.39 Å². The number of aryl methyl sites for hydroxylation is 1. The lowest BCUT2D eigenvalue weighted by atomic mass is 10.1. The number of nitrogens with zero attached hydrogens (tertiary/aromatic N) is 1. The lowest BCUT2D eigenvalue weighted by Gasteiger charge is -2.25. The molecule has 0 spiro atoms. The first kappa shape index (κ1) is 18.1. The highest BCUT2D eigenvalue weighted by molar-refractivity contribution is 5.75. The first-order valence-corrected chi connectivity index (χ1v) is 8.29. The Balaban J connectivity index is 1.78. The number of carbonyl (C=O) groups excluding carboxylic acids is 1. The van der Waals surface area contributed by atoms with Gasteiger partial charge in [0.2, 0.25) is 5.91 Å². The van der Waals surface area contributed by atoms with Gasteiger partial charge < -0.3 is 10.2 Å². The summed E-state index contributed by atoms with van der Waals surface area (Å²) in [5, 5.41) is 2.99. The molecule has 2 aromatic rings. The largest absolute Gasteiger partial charge is 0.354 e. The van der Waals surface area contributed by atoms with Crippen LogP contribution < -0.4 is 5.32 Å². The van der Waals surface area contributed by atoms with Crippen molar-refractivity contribution in [2.45, 2.75) is 25.3 Å². The van der Waals surface area contributed by atoms with E-state index in [2.05, 4.69) is 22.3 Å². The van der Waals surface area contributed by atoms with Crippen molar-refractivity contribution in [3.05, 3.63) is 71.5 Å². The Kier molecular flexibility index (Phi) is 6.94. The van der Waals surface area contributed by atoms with Gasteiger partial charge in [-0.25, -0.2) is 4.39 Å². The highest BCUT2D eigenvalue weighted by atomic mass is 19.1. The monoisotopic (exact) mass is 328 g/mol. The number of hydrogen-bond donors (Lipinski definition) is 1. The van der Waals surface area contributed by atoms with E-state index < -0.39 is 0 Å². The quantitative estimate of drug-likeness (QED) is 0.803.